The second-order valence-corrected chi connectivity index (χ2v) is 6.00. The van der Waals surface area contributed by atoms with Crippen LogP contribution in [0.15, 0.2) is 0 Å². The summed E-state index contributed by atoms with van der Waals surface area (Å²) in [4.78, 5) is 27.6. The fourth-order valence-corrected chi connectivity index (χ4v) is 3.35. The lowest BCUT2D eigenvalue weighted by molar-refractivity contribution is -0.154. The summed E-state index contributed by atoms with van der Waals surface area (Å²) in [5.74, 6) is -0.896. The molecule has 0 bridgehead atoms. The number of rotatable bonds is 6. The van der Waals surface area contributed by atoms with Crippen LogP contribution in [-0.2, 0) is 19.1 Å². The molecule has 21 heavy (non-hydrogen) atoms. The van der Waals surface area contributed by atoms with Crippen LogP contribution in [0.4, 0.5) is 0 Å². The molecular weight excluding hydrogens is 276 g/mol. The van der Waals surface area contributed by atoms with E-state index in [9.17, 15) is 14.7 Å². The maximum Gasteiger partial charge on any atom is 0.313 e. The highest BCUT2D eigenvalue weighted by atomic mass is 16.5. The minimum atomic E-state index is -0.824. The average molecular weight is 300 g/mol. The fourth-order valence-electron chi connectivity index (χ4n) is 3.35. The van der Waals surface area contributed by atoms with Gasteiger partial charge in [0.15, 0.2) is 0 Å². The molecule has 2 aliphatic heterocycles. The van der Waals surface area contributed by atoms with Crippen LogP contribution in [0.1, 0.15) is 6.42 Å². The van der Waals surface area contributed by atoms with Gasteiger partial charge in [0, 0.05) is 26.7 Å². The Bertz CT molecular complexity index is 403. The van der Waals surface area contributed by atoms with Gasteiger partial charge in [0.25, 0.3) is 0 Å². The van der Waals surface area contributed by atoms with Gasteiger partial charge in [-0.3, -0.25) is 9.59 Å². The zero-order chi connectivity index (χ0) is 15.5. The number of likely N-dealkylation sites (tertiary alicyclic amines) is 2. The number of carboxylic acids is 1. The third-order valence-corrected chi connectivity index (χ3v) is 4.54. The molecule has 0 aromatic rings. The molecule has 0 aromatic heterocycles. The molecule has 0 aromatic carbocycles. The summed E-state index contributed by atoms with van der Waals surface area (Å²) in [6.45, 7) is 2.98. The standard InChI is InChI=1S/C14H24N2O5/c1-15-4-3-11-7-16(10-14(11,9-15)13(18)19)12(17)8-21-6-5-20-2/h11H,3-10H2,1-2H3,(H,18,19)/t11-,14-/m1/s1. The number of carbonyl (C=O) groups is 2. The minimum absolute atomic E-state index is 0.0123. The summed E-state index contributed by atoms with van der Waals surface area (Å²) in [6.07, 6.45) is 0.817. The Morgan fingerprint density at radius 2 is 2.10 bits per heavy atom. The molecule has 2 aliphatic rings. The van der Waals surface area contributed by atoms with E-state index in [4.69, 9.17) is 9.47 Å². The maximum absolute atomic E-state index is 12.2. The molecule has 0 aliphatic carbocycles. The first-order valence-electron chi connectivity index (χ1n) is 7.26. The number of hydrogen-bond donors (Lipinski definition) is 1. The summed E-state index contributed by atoms with van der Waals surface area (Å²) in [5.41, 5.74) is -0.824. The van der Waals surface area contributed by atoms with Gasteiger partial charge in [0.05, 0.1) is 13.2 Å². The number of carboxylic acid groups (broad SMARTS) is 1. The van der Waals surface area contributed by atoms with Gasteiger partial charge in [-0.05, 0) is 25.9 Å². The predicted molar refractivity (Wildman–Crippen MR) is 74.9 cm³/mol. The second kappa shape index (κ2) is 6.72. The molecule has 2 heterocycles. The molecular formula is C14H24N2O5. The van der Waals surface area contributed by atoms with Gasteiger partial charge >= 0.3 is 5.97 Å². The highest BCUT2D eigenvalue weighted by Gasteiger charge is 2.55. The zero-order valence-electron chi connectivity index (χ0n) is 12.7. The summed E-state index contributed by atoms with van der Waals surface area (Å²) >= 11 is 0. The quantitative estimate of drug-likeness (QED) is 0.667. The fraction of sp³-hybridized carbons (Fsp3) is 0.857. The lowest BCUT2D eigenvalue weighted by atomic mass is 9.73. The van der Waals surface area contributed by atoms with Gasteiger partial charge in [-0.25, -0.2) is 0 Å². The van der Waals surface area contributed by atoms with Crippen LogP contribution in [0.5, 0.6) is 0 Å². The number of carbonyl (C=O) groups excluding carboxylic acids is 1. The van der Waals surface area contributed by atoms with Crippen LogP contribution >= 0.6 is 0 Å². The monoisotopic (exact) mass is 300 g/mol. The van der Waals surface area contributed by atoms with Gasteiger partial charge in [-0.15, -0.1) is 0 Å². The normalized spacial score (nSPS) is 29.4. The molecule has 0 spiro atoms. The number of nitrogens with zero attached hydrogens (tertiary/aromatic N) is 2. The topological polar surface area (TPSA) is 79.3 Å². The van der Waals surface area contributed by atoms with E-state index in [1.165, 1.54) is 0 Å². The minimum Gasteiger partial charge on any atom is -0.481 e. The Hall–Kier alpha value is -1.18. The van der Waals surface area contributed by atoms with Crippen molar-refractivity contribution < 1.29 is 24.2 Å². The Kier molecular flexibility index (Phi) is 5.18. The maximum atomic E-state index is 12.2. The number of fused-ring (bicyclic) bond motifs is 1. The number of methoxy groups -OCH3 is 1. The molecule has 7 heteroatoms. The van der Waals surface area contributed by atoms with Gasteiger partial charge in [0.1, 0.15) is 12.0 Å². The van der Waals surface area contributed by atoms with Crippen LogP contribution in [0.25, 0.3) is 0 Å². The molecule has 2 saturated heterocycles. The van der Waals surface area contributed by atoms with E-state index >= 15 is 0 Å². The molecule has 7 nitrogen and oxygen atoms in total. The van der Waals surface area contributed by atoms with E-state index in [0.29, 0.717) is 26.3 Å². The first kappa shape index (κ1) is 16.2. The Balaban J connectivity index is 1.96. The highest BCUT2D eigenvalue weighted by molar-refractivity contribution is 5.82. The predicted octanol–water partition coefficient (Wildman–Crippen LogP) is -0.486. The number of hydrogen-bond acceptors (Lipinski definition) is 5. The Labute approximate surface area is 124 Å². The van der Waals surface area contributed by atoms with Gasteiger partial charge in [-0.1, -0.05) is 0 Å². The van der Waals surface area contributed by atoms with Crippen LogP contribution in [0, 0.1) is 11.3 Å². The lowest BCUT2D eigenvalue weighted by Gasteiger charge is -2.39. The van der Waals surface area contributed by atoms with Crippen molar-refractivity contribution in [3.63, 3.8) is 0 Å². The molecule has 0 unspecified atom stereocenters. The molecule has 0 saturated carbocycles. The van der Waals surface area contributed by atoms with Crippen LogP contribution in [0.3, 0.4) is 0 Å². The van der Waals surface area contributed by atoms with E-state index in [2.05, 4.69) is 0 Å². The Morgan fingerprint density at radius 3 is 2.76 bits per heavy atom. The lowest BCUT2D eigenvalue weighted by Crippen LogP contribution is -2.52. The van der Waals surface area contributed by atoms with E-state index in [1.54, 1.807) is 12.0 Å². The van der Waals surface area contributed by atoms with Crippen molar-refractivity contribution in [2.45, 2.75) is 6.42 Å². The van der Waals surface area contributed by atoms with Crippen molar-refractivity contribution in [2.75, 3.05) is 60.2 Å². The largest absolute Gasteiger partial charge is 0.481 e. The van der Waals surface area contributed by atoms with Crippen molar-refractivity contribution in [1.29, 1.82) is 0 Å². The third-order valence-electron chi connectivity index (χ3n) is 4.54. The molecule has 1 amide bonds. The first-order chi connectivity index (χ1) is 9.99. The number of ether oxygens (including phenoxy) is 2. The van der Waals surface area contributed by atoms with Crippen molar-refractivity contribution in [3.8, 4) is 0 Å². The molecule has 0 radical (unpaired) electrons. The molecule has 120 valence electrons. The van der Waals surface area contributed by atoms with Gasteiger partial charge in [0.2, 0.25) is 5.91 Å². The molecule has 2 atom stereocenters. The van der Waals surface area contributed by atoms with Crippen molar-refractivity contribution in [3.05, 3.63) is 0 Å². The summed E-state index contributed by atoms with van der Waals surface area (Å²) < 4.78 is 10.1. The molecule has 2 fully saturated rings. The van der Waals surface area contributed by atoms with Gasteiger partial charge in [-0.2, -0.15) is 0 Å². The van der Waals surface area contributed by atoms with E-state index < -0.39 is 11.4 Å². The number of amides is 1. The smallest absolute Gasteiger partial charge is 0.313 e. The van der Waals surface area contributed by atoms with Crippen molar-refractivity contribution in [1.82, 2.24) is 9.80 Å². The average Bonchev–Trinajstić information content (AvgIpc) is 2.83. The highest BCUT2D eigenvalue weighted by Crippen LogP contribution is 2.42. The van der Waals surface area contributed by atoms with Gasteiger partial charge < -0.3 is 24.4 Å². The van der Waals surface area contributed by atoms with E-state index in [1.807, 2.05) is 11.9 Å². The zero-order valence-corrected chi connectivity index (χ0v) is 12.7. The SMILES string of the molecule is COCCOCC(=O)N1C[C@H]2CCN(C)C[C@@]2(C(=O)O)C1. The van der Waals surface area contributed by atoms with Crippen molar-refractivity contribution in [2.24, 2.45) is 11.3 Å². The number of piperidine rings is 1. The third kappa shape index (κ3) is 3.36. The van der Waals surface area contributed by atoms with Crippen LogP contribution in [0.2, 0.25) is 0 Å². The summed E-state index contributed by atoms with van der Waals surface area (Å²) in [5, 5.41) is 9.65. The molecule has 2 rings (SSSR count). The summed E-state index contributed by atoms with van der Waals surface area (Å²) in [7, 11) is 3.50. The van der Waals surface area contributed by atoms with E-state index in [-0.39, 0.29) is 25.0 Å². The second-order valence-electron chi connectivity index (χ2n) is 6.00. The van der Waals surface area contributed by atoms with E-state index in [0.717, 1.165) is 13.0 Å². The van der Waals surface area contributed by atoms with Crippen molar-refractivity contribution >= 4 is 11.9 Å². The van der Waals surface area contributed by atoms with Crippen LogP contribution < -0.4 is 0 Å². The molecule has 1 N–H and O–H groups in total. The first-order valence-corrected chi connectivity index (χ1v) is 7.26. The summed E-state index contributed by atoms with van der Waals surface area (Å²) in [6, 6.07) is 0. The number of aliphatic carboxylic acids is 1. The Morgan fingerprint density at radius 1 is 1.33 bits per heavy atom. The van der Waals surface area contributed by atoms with Crippen LogP contribution in [-0.4, -0.2) is 86.9 Å².